The zero-order valence-electron chi connectivity index (χ0n) is 10.1. The van der Waals surface area contributed by atoms with Crippen LogP contribution >= 0.6 is 23.2 Å². The Hall–Kier alpha value is -1.24. The second-order valence-corrected chi connectivity index (χ2v) is 5.06. The Morgan fingerprint density at radius 2 is 1.61 bits per heavy atom. The molecule has 0 amide bonds. The highest BCUT2D eigenvalue weighted by Crippen LogP contribution is 2.26. The maximum atomic E-state index is 6.32. The van der Waals surface area contributed by atoms with E-state index in [9.17, 15) is 0 Å². The van der Waals surface area contributed by atoms with Gasteiger partial charge in [-0.3, -0.25) is 0 Å². The first-order valence-electron chi connectivity index (χ1n) is 5.85. The first-order valence-corrected chi connectivity index (χ1v) is 6.60. The van der Waals surface area contributed by atoms with Crippen LogP contribution in [0.5, 0.6) is 0 Å². The molecule has 0 fully saturated rings. The largest absolute Gasteiger partial charge is 0.0843 e. The van der Waals surface area contributed by atoms with Crippen LogP contribution in [0.15, 0.2) is 60.7 Å². The third-order valence-corrected chi connectivity index (χ3v) is 3.44. The number of benzene rings is 2. The SMILES string of the molecule is CC(/C=C(/Cl)c1ccccc1)c1ccc(Cl)cc1. The standard InChI is InChI=1S/C16H14Cl2/c1-12(13-7-9-15(17)10-8-13)11-16(18)14-5-3-2-4-6-14/h2-12H,1H3/b16-11+. The van der Waals surface area contributed by atoms with Crippen LogP contribution in [0, 0.1) is 0 Å². The lowest BCUT2D eigenvalue weighted by Gasteiger charge is -2.08. The maximum absolute atomic E-state index is 6.32. The van der Waals surface area contributed by atoms with Crippen LogP contribution in [0.2, 0.25) is 5.02 Å². The summed E-state index contributed by atoms with van der Waals surface area (Å²) >= 11 is 12.2. The fourth-order valence-electron chi connectivity index (χ4n) is 1.78. The van der Waals surface area contributed by atoms with E-state index in [0.717, 1.165) is 15.6 Å². The third kappa shape index (κ3) is 3.38. The first-order chi connectivity index (χ1) is 8.66. The fraction of sp³-hybridized carbons (Fsp3) is 0.125. The second-order valence-electron chi connectivity index (χ2n) is 4.22. The van der Waals surface area contributed by atoms with Gasteiger partial charge in [-0.05, 0) is 23.3 Å². The first kappa shape index (κ1) is 13.2. The van der Waals surface area contributed by atoms with Gasteiger partial charge in [0.05, 0.1) is 0 Å². The van der Waals surface area contributed by atoms with Crippen LogP contribution < -0.4 is 0 Å². The van der Waals surface area contributed by atoms with E-state index in [1.165, 1.54) is 5.56 Å². The minimum Gasteiger partial charge on any atom is -0.0843 e. The van der Waals surface area contributed by atoms with Crippen molar-refractivity contribution in [2.45, 2.75) is 12.8 Å². The zero-order chi connectivity index (χ0) is 13.0. The van der Waals surface area contributed by atoms with Crippen LogP contribution in [-0.2, 0) is 0 Å². The van der Waals surface area contributed by atoms with Crippen LogP contribution in [0.25, 0.3) is 5.03 Å². The lowest BCUT2D eigenvalue weighted by molar-refractivity contribution is 0.972. The summed E-state index contributed by atoms with van der Waals surface area (Å²) in [5.41, 5.74) is 2.24. The van der Waals surface area contributed by atoms with E-state index in [2.05, 4.69) is 13.0 Å². The summed E-state index contributed by atoms with van der Waals surface area (Å²) in [7, 11) is 0. The van der Waals surface area contributed by atoms with Gasteiger partial charge in [0.15, 0.2) is 0 Å². The van der Waals surface area contributed by atoms with Crippen LogP contribution in [0.1, 0.15) is 24.0 Å². The Balaban J connectivity index is 2.20. The normalized spacial score (nSPS) is 13.4. The molecule has 0 saturated heterocycles. The summed E-state index contributed by atoms with van der Waals surface area (Å²) in [6, 6.07) is 17.8. The molecule has 18 heavy (non-hydrogen) atoms. The smallest absolute Gasteiger partial charge is 0.0444 e. The Morgan fingerprint density at radius 3 is 2.22 bits per heavy atom. The average Bonchev–Trinajstić information content (AvgIpc) is 2.40. The van der Waals surface area contributed by atoms with Gasteiger partial charge in [0.25, 0.3) is 0 Å². The summed E-state index contributed by atoms with van der Waals surface area (Å²) in [6.07, 6.45) is 2.06. The number of rotatable bonds is 3. The van der Waals surface area contributed by atoms with E-state index in [1.54, 1.807) is 0 Å². The monoisotopic (exact) mass is 276 g/mol. The molecule has 0 spiro atoms. The van der Waals surface area contributed by atoms with E-state index in [4.69, 9.17) is 23.2 Å². The van der Waals surface area contributed by atoms with E-state index in [1.807, 2.05) is 54.6 Å². The molecule has 0 N–H and O–H groups in total. The molecule has 2 aromatic rings. The van der Waals surface area contributed by atoms with Crippen molar-refractivity contribution < 1.29 is 0 Å². The van der Waals surface area contributed by atoms with Crippen molar-refractivity contribution in [3.05, 3.63) is 76.8 Å². The quantitative estimate of drug-likeness (QED) is 0.672. The van der Waals surface area contributed by atoms with E-state index in [-0.39, 0.29) is 5.92 Å². The molecule has 92 valence electrons. The van der Waals surface area contributed by atoms with Crippen molar-refractivity contribution in [3.63, 3.8) is 0 Å². The summed E-state index contributed by atoms with van der Waals surface area (Å²) < 4.78 is 0. The van der Waals surface area contributed by atoms with E-state index < -0.39 is 0 Å². The molecule has 0 aromatic heterocycles. The molecular weight excluding hydrogens is 263 g/mol. The molecule has 0 aliphatic carbocycles. The van der Waals surface area contributed by atoms with Crippen LogP contribution in [0.3, 0.4) is 0 Å². The molecular formula is C16H14Cl2. The van der Waals surface area contributed by atoms with Crippen molar-refractivity contribution in [1.29, 1.82) is 0 Å². The Morgan fingerprint density at radius 1 is 1.00 bits per heavy atom. The van der Waals surface area contributed by atoms with Gasteiger partial charge >= 0.3 is 0 Å². The molecule has 1 unspecified atom stereocenters. The lowest BCUT2D eigenvalue weighted by Crippen LogP contribution is -1.89. The molecule has 0 bridgehead atoms. The van der Waals surface area contributed by atoms with Crippen molar-refractivity contribution >= 4 is 28.2 Å². The van der Waals surface area contributed by atoms with Gasteiger partial charge in [-0.25, -0.2) is 0 Å². The summed E-state index contributed by atoms with van der Waals surface area (Å²) in [4.78, 5) is 0. The predicted octanol–water partition coefficient (Wildman–Crippen LogP) is 5.72. The van der Waals surface area contributed by atoms with Gasteiger partial charge in [-0.2, -0.15) is 0 Å². The number of hydrogen-bond donors (Lipinski definition) is 0. The van der Waals surface area contributed by atoms with Crippen molar-refractivity contribution in [3.8, 4) is 0 Å². The fourth-order valence-corrected chi connectivity index (χ4v) is 2.22. The van der Waals surface area contributed by atoms with Crippen molar-refractivity contribution in [1.82, 2.24) is 0 Å². The van der Waals surface area contributed by atoms with Gasteiger partial charge in [0, 0.05) is 16.0 Å². The Kier molecular flexibility index (Phi) is 4.46. The molecule has 0 heterocycles. The molecule has 0 aliphatic rings. The summed E-state index contributed by atoms with van der Waals surface area (Å²) in [5, 5.41) is 1.53. The molecule has 2 rings (SSSR count). The Bertz CT molecular complexity index is 527. The van der Waals surface area contributed by atoms with Gasteiger partial charge in [-0.15, -0.1) is 0 Å². The minimum atomic E-state index is 0.259. The molecule has 2 heteroatoms. The van der Waals surface area contributed by atoms with Crippen molar-refractivity contribution in [2.75, 3.05) is 0 Å². The maximum Gasteiger partial charge on any atom is 0.0444 e. The highest BCUT2D eigenvalue weighted by molar-refractivity contribution is 6.48. The molecule has 0 radical (unpaired) electrons. The van der Waals surface area contributed by atoms with Crippen LogP contribution in [0.4, 0.5) is 0 Å². The summed E-state index contributed by atoms with van der Waals surface area (Å²) in [5.74, 6) is 0.259. The molecule has 2 aromatic carbocycles. The average molecular weight is 277 g/mol. The van der Waals surface area contributed by atoms with Gasteiger partial charge < -0.3 is 0 Å². The second kappa shape index (κ2) is 6.08. The third-order valence-electron chi connectivity index (χ3n) is 2.84. The predicted molar refractivity (Wildman–Crippen MR) is 80.1 cm³/mol. The van der Waals surface area contributed by atoms with Crippen LogP contribution in [-0.4, -0.2) is 0 Å². The Labute approximate surface area is 118 Å². The zero-order valence-corrected chi connectivity index (χ0v) is 11.6. The highest BCUT2D eigenvalue weighted by Gasteiger charge is 2.04. The number of allylic oxidation sites excluding steroid dienone is 1. The molecule has 0 saturated carbocycles. The molecule has 0 aliphatic heterocycles. The highest BCUT2D eigenvalue weighted by atomic mass is 35.5. The van der Waals surface area contributed by atoms with E-state index >= 15 is 0 Å². The van der Waals surface area contributed by atoms with E-state index in [0.29, 0.717) is 0 Å². The van der Waals surface area contributed by atoms with Crippen molar-refractivity contribution in [2.24, 2.45) is 0 Å². The minimum absolute atomic E-state index is 0.259. The summed E-state index contributed by atoms with van der Waals surface area (Å²) in [6.45, 7) is 2.12. The molecule has 0 nitrogen and oxygen atoms in total. The number of hydrogen-bond acceptors (Lipinski definition) is 0. The lowest BCUT2D eigenvalue weighted by atomic mass is 10.00. The van der Waals surface area contributed by atoms with Gasteiger partial charge in [0.2, 0.25) is 0 Å². The van der Waals surface area contributed by atoms with Gasteiger partial charge in [-0.1, -0.05) is 78.7 Å². The number of halogens is 2. The molecule has 1 atom stereocenters. The topological polar surface area (TPSA) is 0 Å². The van der Waals surface area contributed by atoms with Gasteiger partial charge in [0.1, 0.15) is 0 Å².